The van der Waals surface area contributed by atoms with Crippen molar-refractivity contribution in [3.63, 3.8) is 0 Å². The summed E-state index contributed by atoms with van der Waals surface area (Å²) in [5.74, 6) is -3.82. The number of benzene rings is 3. The van der Waals surface area contributed by atoms with Gasteiger partial charge in [-0.05, 0) is 60.2 Å². The smallest absolute Gasteiger partial charge is 0.416 e. The standard InChI is InChI=1S/C30H21F4N3O5S2/c1-42-20-11-5-15(6-12-20)22-23-24(27(40)37(26(23)39)19-4-2-3-16(13-19)30(32,33)34)43-28-25(22)44-29(41)36(28)14-21(38)35-18-9-7-17(31)8-10-18/h2-13,22-24H,14H2,1H3,(H,35,38)/t22-,23?,24?/m1/s1. The van der Waals surface area contributed by atoms with Crippen molar-refractivity contribution in [2.45, 2.75) is 28.9 Å². The SMILES string of the molecule is COc1ccc([C@H]2c3sc(=O)n(CC(=O)Nc4ccc(F)cc4)c3SC3C(=O)N(c4cccc(C(F)(F)F)c4)C(=O)C32)cc1. The Morgan fingerprint density at radius 1 is 0.977 bits per heavy atom. The Hall–Kier alpha value is -4.43. The van der Waals surface area contributed by atoms with Crippen LogP contribution in [0.25, 0.3) is 0 Å². The van der Waals surface area contributed by atoms with Crippen LogP contribution in [0.4, 0.5) is 28.9 Å². The number of thioether (sulfide) groups is 1. The summed E-state index contributed by atoms with van der Waals surface area (Å²) in [4.78, 5) is 54.6. The zero-order valence-corrected chi connectivity index (χ0v) is 24.3. The normalized spacial score (nSPS) is 19.5. The van der Waals surface area contributed by atoms with Gasteiger partial charge in [-0.15, -0.1) is 0 Å². The number of anilines is 2. The number of alkyl halides is 3. The molecule has 2 aliphatic rings. The van der Waals surface area contributed by atoms with E-state index >= 15 is 0 Å². The van der Waals surface area contributed by atoms with E-state index in [-0.39, 0.29) is 5.69 Å². The Bertz CT molecular complexity index is 1840. The Morgan fingerprint density at radius 3 is 2.34 bits per heavy atom. The van der Waals surface area contributed by atoms with Crippen LogP contribution in [-0.2, 0) is 27.1 Å². The second kappa shape index (κ2) is 11.2. The van der Waals surface area contributed by atoms with Crippen LogP contribution in [0, 0.1) is 11.7 Å². The number of carbonyl (C=O) groups is 3. The lowest BCUT2D eigenvalue weighted by atomic mass is 9.83. The molecule has 0 radical (unpaired) electrons. The predicted octanol–water partition coefficient (Wildman–Crippen LogP) is 5.51. The van der Waals surface area contributed by atoms with Gasteiger partial charge in [0, 0.05) is 16.5 Å². The van der Waals surface area contributed by atoms with Crippen molar-refractivity contribution in [3.8, 4) is 5.75 Å². The Balaban J connectivity index is 1.41. The summed E-state index contributed by atoms with van der Waals surface area (Å²) in [6, 6.07) is 15.8. The van der Waals surface area contributed by atoms with Gasteiger partial charge in [0.25, 0.3) is 0 Å². The van der Waals surface area contributed by atoms with Gasteiger partial charge in [-0.2, -0.15) is 13.2 Å². The van der Waals surface area contributed by atoms with Crippen LogP contribution < -0.4 is 19.8 Å². The predicted molar refractivity (Wildman–Crippen MR) is 156 cm³/mol. The van der Waals surface area contributed by atoms with Gasteiger partial charge < -0.3 is 10.1 Å². The molecule has 3 heterocycles. The molecular formula is C30H21F4N3O5S2. The van der Waals surface area contributed by atoms with Gasteiger partial charge >= 0.3 is 11.0 Å². The van der Waals surface area contributed by atoms with Gasteiger partial charge in [-0.3, -0.25) is 23.7 Å². The highest BCUT2D eigenvalue weighted by Crippen LogP contribution is 2.54. The molecule has 0 saturated carbocycles. The van der Waals surface area contributed by atoms with Crippen LogP contribution in [0.1, 0.15) is 21.9 Å². The molecule has 3 atom stereocenters. The number of carbonyl (C=O) groups excluding carboxylic acids is 3. The van der Waals surface area contributed by atoms with Crippen molar-refractivity contribution in [1.82, 2.24) is 4.57 Å². The summed E-state index contributed by atoms with van der Waals surface area (Å²) in [5, 5.41) is 1.82. The lowest BCUT2D eigenvalue weighted by Crippen LogP contribution is -2.33. The molecule has 3 aromatic carbocycles. The van der Waals surface area contributed by atoms with Gasteiger partial charge in [0.2, 0.25) is 17.7 Å². The van der Waals surface area contributed by atoms with E-state index < -0.39 is 63.8 Å². The fraction of sp³-hybridized carbons (Fsp3) is 0.200. The number of thiazole rings is 1. The largest absolute Gasteiger partial charge is 0.497 e. The first-order chi connectivity index (χ1) is 21.0. The summed E-state index contributed by atoms with van der Waals surface area (Å²) in [5.41, 5.74) is -0.327. The summed E-state index contributed by atoms with van der Waals surface area (Å²) in [6.45, 7) is -0.429. The molecule has 3 amide bonds. The average molecular weight is 644 g/mol. The van der Waals surface area contributed by atoms with E-state index in [9.17, 15) is 36.7 Å². The maximum Gasteiger partial charge on any atom is 0.416 e. The number of fused-ring (bicyclic) bond motifs is 2. The van der Waals surface area contributed by atoms with Crippen LogP contribution in [-0.4, -0.2) is 34.6 Å². The average Bonchev–Trinajstić information content (AvgIpc) is 3.44. The minimum Gasteiger partial charge on any atom is -0.497 e. The number of nitrogens with zero attached hydrogens (tertiary/aromatic N) is 2. The minimum absolute atomic E-state index is 0.210. The molecule has 0 bridgehead atoms. The number of amides is 3. The van der Waals surface area contributed by atoms with Gasteiger partial charge in [-0.25, -0.2) is 9.29 Å². The quantitative estimate of drug-likeness (QED) is 0.220. The first-order valence-corrected chi connectivity index (χ1v) is 14.8. The summed E-state index contributed by atoms with van der Waals surface area (Å²) < 4.78 is 60.2. The van der Waals surface area contributed by atoms with Gasteiger partial charge in [-0.1, -0.05) is 41.3 Å². The maximum atomic E-state index is 13.9. The van der Waals surface area contributed by atoms with E-state index in [4.69, 9.17) is 4.74 Å². The lowest BCUT2D eigenvalue weighted by Gasteiger charge is -2.30. The fourth-order valence-corrected chi connectivity index (χ4v) is 8.15. The van der Waals surface area contributed by atoms with Crippen LogP contribution in [0.15, 0.2) is 82.6 Å². The molecule has 2 unspecified atom stereocenters. The van der Waals surface area contributed by atoms with Crippen molar-refractivity contribution in [2.75, 3.05) is 17.3 Å². The number of hydrogen-bond donors (Lipinski definition) is 1. The number of aromatic nitrogens is 1. The van der Waals surface area contributed by atoms with Crippen molar-refractivity contribution < 1.29 is 36.7 Å². The fourth-order valence-electron chi connectivity index (χ4n) is 5.38. The molecule has 0 spiro atoms. The number of imide groups is 1. The molecule has 44 heavy (non-hydrogen) atoms. The molecule has 0 aliphatic carbocycles. The van der Waals surface area contributed by atoms with E-state index in [0.29, 0.717) is 26.9 Å². The van der Waals surface area contributed by atoms with E-state index in [1.54, 1.807) is 24.3 Å². The first-order valence-electron chi connectivity index (χ1n) is 13.1. The monoisotopic (exact) mass is 643 g/mol. The Kier molecular flexibility index (Phi) is 7.58. The number of hydrogen-bond acceptors (Lipinski definition) is 7. The highest BCUT2D eigenvalue weighted by Gasteiger charge is 2.57. The third-order valence-electron chi connectivity index (χ3n) is 7.39. The maximum absolute atomic E-state index is 13.9. The molecule has 226 valence electrons. The lowest BCUT2D eigenvalue weighted by molar-refractivity contribution is -0.137. The molecule has 14 heteroatoms. The van der Waals surface area contributed by atoms with Crippen LogP contribution in [0.5, 0.6) is 5.75 Å². The molecule has 2 aliphatic heterocycles. The number of nitrogens with one attached hydrogen (secondary N) is 1. The van der Waals surface area contributed by atoms with Crippen molar-refractivity contribution in [1.29, 1.82) is 0 Å². The Morgan fingerprint density at radius 2 is 1.68 bits per heavy atom. The number of methoxy groups -OCH3 is 1. The van der Waals surface area contributed by atoms with Gasteiger partial charge in [0.15, 0.2) is 0 Å². The van der Waals surface area contributed by atoms with Gasteiger partial charge in [0.05, 0.1) is 29.3 Å². The number of ether oxygens (including phenoxy) is 1. The zero-order chi connectivity index (χ0) is 31.3. The van der Waals surface area contributed by atoms with Crippen LogP contribution >= 0.6 is 23.1 Å². The molecule has 1 N–H and O–H groups in total. The molecule has 1 aromatic heterocycles. The highest BCUT2D eigenvalue weighted by atomic mass is 32.2. The molecule has 4 aromatic rings. The molecule has 1 fully saturated rings. The van der Waals surface area contributed by atoms with Crippen molar-refractivity contribution in [3.05, 3.63) is 104 Å². The minimum atomic E-state index is -4.69. The van der Waals surface area contributed by atoms with E-state index in [0.717, 1.165) is 46.2 Å². The summed E-state index contributed by atoms with van der Waals surface area (Å²) in [7, 11) is 1.48. The topological polar surface area (TPSA) is 97.7 Å². The third-order valence-corrected chi connectivity index (χ3v) is 9.99. The number of rotatable bonds is 6. The molecule has 8 nitrogen and oxygen atoms in total. The summed E-state index contributed by atoms with van der Waals surface area (Å²) >= 11 is 1.77. The van der Waals surface area contributed by atoms with Crippen molar-refractivity contribution in [2.24, 2.45) is 5.92 Å². The second-order valence-corrected chi connectivity index (χ2v) is 12.2. The van der Waals surface area contributed by atoms with E-state index in [1.807, 2.05) is 0 Å². The summed E-state index contributed by atoms with van der Waals surface area (Å²) in [6.07, 6.45) is -4.69. The van der Waals surface area contributed by atoms with E-state index in [2.05, 4.69) is 5.32 Å². The Labute approximate surface area is 255 Å². The van der Waals surface area contributed by atoms with Crippen LogP contribution in [0.2, 0.25) is 0 Å². The molecular weight excluding hydrogens is 622 g/mol. The second-order valence-electron chi connectivity index (χ2n) is 10.1. The molecule has 6 rings (SSSR count). The molecule has 1 saturated heterocycles. The highest BCUT2D eigenvalue weighted by molar-refractivity contribution is 8.00. The first kappa shape index (κ1) is 29.6. The number of halogens is 4. The third kappa shape index (κ3) is 5.28. The van der Waals surface area contributed by atoms with Crippen molar-refractivity contribution >= 4 is 52.2 Å². The van der Waals surface area contributed by atoms with Crippen LogP contribution in [0.3, 0.4) is 0 Å². The zero-order valence-electron chi connectivity index (χ0n) is 22.6. The van der Waals surface area contributed by atoms with Gasteiger partial charge in [0.1, 0.15) is 23.4 Å². The van der Waals surface area contributed by atoms with E-state index in [1.165, 1.54) is 42.0 Å².